The molecule has 1 heterocycles. The molecule has 1 aromatic heterocycles. The Balaban J connectivity index is 3.05. The number of hydrogen-bond donors (Lipinski definition) is 1. The molecule has 0 saturated heterocycles. The smallest absolute Gasteiger partial charge is 0.134 e. The summed E-state index contributed by atoms with van der Waals surface area (Å²) in [6.07, 6.45) is 1.61. The summed E-state index contributed by atoms with van der Waals surface area (Å²) in [6.45, 7) is 6.46. The van der Waals surface area contributed by atoms with Crippen molar-refractivity contribution >= 4 is 5.82 Å². The van der Waals surface area contributed by atoms with Crippen molar-refractivity contribution in [2.45, 2.75) is 39.3 Å². The maximum absolute atomic E-state index is 9.73. The normalized spacial score (nSPS) is 12.2. The second-order valence-electron chi connectivity index (χ2n) is 4.29. The Kier molecular flexibility index (Phi) is 4.92. The van der Waals surface area contributed by atoms with Crippen molar-refractivity contribution in [3.63, 3.8) is 0 Å². The SMILES string of the molecule is CC(O)c1cccnc1N(CCC#N)C(C)C. The number of nitriles is 1. The van der Waals surface area contributed by atoms with Crippen LogP contribution >= 0.6 is 0 Å². The molecular formula is C13H19N3O. The maximum atomic E-state index is 9.73. The van der Waals surface area contributed by atoms with E-state index in [0.29, 0.717) is 13.0 Å². The topological polar surface area (TPSA) is 60.2 Å². The molecule has 0 aromatic carbocycles. The van der Waals surface area contributed by atoms with E-state index in [1.165, 1.54) is 0 Å². The van der Waals surface area contributed by atoms with Gasteiger partial charge in [0, 0.05) is 24.3 Å². The maximum Gasteiger partial charge on any atom is 0.134 e. The van der Waals surface area contributed by atoms with Crippen molar-refractivity contribution < 1.29 is 5.11 Å². The van der Waals surface area contributed by atoms with Crippen LogP contribution in [-0.4, -0.2) is 22.7 Å². The minimum Gasteiger partial charge on any atom is -0.389 e. The van der Waals surface area contributed by atoms with E-state index in [1.54, 1.807) is 13.1 Å². The van der Waals surface area contributed by atoms with Gasteiger partial charge < -0.3 is 10.0 Å². The Morgan fingerprint density at radius 3 is 2.71 bits per heavy atom. The van der Waals surface area contributed by atoms with Crippen LogP contribution in [0.15, 0.2) is 18.3 Å². The lowest BCUT2D eigenvalue weighted by atomic mass is 10.1. The number of pyridine rings is 1. The van der Waals surface area contributed by atoms with Crippen LogP contribution in [0.25, 0.3) is 0 Å². The lowest BCUT2D eigenvalue weighted by molar-refractivity contribution is 0.199. The zero-order valence-corrected chi connectivity index (χ0v) is 10.6. The van der Waals surface area contributed by atoms with Gasteiger partial charge in [-0.15, -0.1) is 0 Å². The highest BCUT2D eigenvalue weighted by Crippen LogP contribution is 2.25. The zero-order valence-electron chi connectivity index (χ0n) is 10.6. The zero-order chi connectivity index (χ0) is 12.8. The van der Waals surface area contributed by atoms with Crippen LogP contribution in [0.2, 0.25) is 0 Å². The molecule has 0 radical (unpaired) electrons. The van der Waals surface area contributed by atoms with E-state index in [4.69, 9.17) is 5.26 Å². The third-order valence-corrected chi connectivity index (χ3v) is 2.63. The van der Waals surface area contributed by atoms with Crippen LogP contribution in [-0.2, 0) is 0 Å². The highest BCUT2D eigenvalue weighted by Gasteiger charge is 2.17. The average Bonchev–Trinajstić information content (AvgIpc) is 2.29. The lowest BCUT2D eigenvalue weighted by Crippen LogP contribution is -2.33. The fourth-order valence-corrected chi connectivity index (χ4v) is 1.75. The third-order valence-electron chi connectivity index (χ3n) is 2.63. The molecule has 1 N–H and O–H groups in total. The minimum absolute atomic E-state index is 0.246. The molecule has 0 bridgehead atoms. The number of rotatable bonds is 5. The predicted molar refractivity (Wildman–Crippen MR) is 67.6 cm³/mol. The van der Waals surface area contributed by atoms with Gasteiger partial charge in [-0.3, -0.25) is 0 Å². The van der Waals surface area contributed by atoms with Crippen molar-refractivity contribution in [1.29, 1.82) is 5.26 Å². The Hall–Kier alpha value is -1.60. The molecule has 92 valence electrons. The Labute approximate surface area is 103 Å². The van der Waals surface area contributed by atoms with Crippen LogP contribution < -0.4 is 4.90 Å². The van der Waals surface area contributed by atoms with Crippen molar-refractivity contribution in [3.8, 4) is 6.07 Å². The van der Waals surface area contributed by atoms with Gasteiger partial charge in [0.05, 0.1) is 18.6 Å². The number of anilines is 1. The molecule has 1 atom stereocenters. The van der Waals surface area contributed by atoms with Crippen molar-refractivity contribution in [1.82, 2.24) is 4.98 Å². The van der Waals surface area contributed by atoms with Gasteiger partial charge in [0.25, 0.3) is 0 Å². The molecule has 0 aliphatic heterocycles. The van der Waals surface area contributed by atoms with Crippen molar-refractivity contribution in [2.24, 2.45) is 0 Å². The highest BCUT2D eigenvalue weighted by atomic mass is 16.3. The Bertz CT molecular complexity index is 396. The first-order valence-electron chi connectivity index (χ1n) is 5.84. The molecule has 0 spiro atoms. The number of nitrogens with zero attached hydrogens (tertiary/aromatic N) is 3. The highest BCUT2D eigenvalue weighted by molar-refractivity contribution is 5.48. The van der Waals surface area contributed by atoms with E-state index in [2.05, 4.69) is 24.9 Å². The molecule has 0 saturated carbocycles. The molecular weight excluding hydrogens is 214 g/mol. The summed E-state index contributed by atoms with van der Waals surface area (Å²) >= 11 is 0. The molecule has 0 amide bonds. The van der Waals surface area contributed by atoms with Gasteiger partial charge in [-0.2, -0.15) is 5.26 Å². The summed E-state index contributed by atoms with van der Waals surface area (Å²) < 4.78 is 0. The van der Waals surface area contributed by atoms with Gasteiger partial charge >= 0.3 is 0 Å². The fraction of sp³-hybridized carbons (Fsp3) is 0.538. The van der Waals surface area contributed by atoms with Crippen LogP contribution in [0.3, 0.4) is 0 Å². The Morgan fingerprint density at radius 1 is 1.47 bits per heavy atom. The monoisotopic (exact) mass is 233 g/mol. The molecule has 0 fully saturated rings. The van der Waals surface area contributed by atoms with Gasteiger partial charge in [-0.1, -0.05) is 6.07 Å². The Morgan fingerprint density at radius 2 is 2.18 bits per heavy atom. The van der Waals surface area contributed by atoms with Gasteiger partial charge in [-0.05, 0) is 26.8 Å². The van der Waals surface area contributed by atoms with E-state index < -0.39 is 6.10 Å². The number of aliphatic hydroxyl groups is 1. The predicted octanol–water partition coefficient (Wildman–Crippen LogP) is 2.26. The van der Waals surface area contributed by atoms with E-state index in [1.807, 2.05) is 17.0 Å². The summed E-state index contributed by atoms with van der Waals surface area (Å²) in [7, 11) is 0. The molecule has 4 heteroatoms. The van der Waals surface area contributed by atoms with Crippen molar-refractivity contribution in [3.05, 3.63) is 23.9 Å². The summed E-state index contributed by atoms with van der Waals surface area (Å²) in [5, 5.41) is 18.4. The van der Waals surface area contributed by atoms with E-state index in [0.717, 1.165) is 11.4 Å². The molecule has 17 heavy (non-hydrogen) atoms. The summed E-state index contributed by atoms with van der Waals surface area (Å²) in [4.78, 5) is 6.38. The summed E-state index contributed by atoms with van der Waals surface area (Å²) in [6, 6.07) is 6.07. The molecule has 0 aliphatic rings. The second kappa shape index (κ2) is 6.21. The van der Waals surface area contributed by atoms with Crippen LogP contribution in [0, 0.1) is 11.3 Å². The first-order valence-corrected chi connectivity index (χ1v) is 5.84. The van der Waals surface area contributed by atoms with Gasteiger partial charge in [0.1, 0.15) is 5.82 Å². The average molecular weight is 233 g/mol. The number of hydrogen-bond acceptors (Lipinski definition) is 4. The third kappa shape index (κ3) is 3.43. The number of aliphatic hydroxyl groups excluding tert-OH is 1. The summed E-state index contributed by atoms with van der Waals surface area (Å²) in [5.74, 6) is 0.771. The fourth-order valence-electron chi connectivity index (χ4n) is 1.75. The number of aromatic nitrogens is 1. The van der Waals surface area contributed by atoms with Gasteiger partial charge in [-0.25, -0.2) is 4.98 Å². The summed E-state index contributed by atoms with van der Waals surface area (Å²) in [5.41, 5.74) is 0.805. The van der Waals surface area contributed by atoms with E-state index in [-0.39, 0.29) is 6.04 Å². The largest absolute Gasteiger partial charge is 0.389 e. The van der Waals surface area contributed by atoms with Crippen molar-refractivity contribution in [2.75, 3.05) is 11.4 Å². The van der Waals surface area contributed by atoms with Gasteiger partial charge in [0.2, 0.25) is 0 Å². The quantitative estimate of drug-likeness (QED) is 0.847. The van der Waals surface area contributed by atoms with E-state index >= 15 is 0 Å². The van der Waals surface area contributed by atoms with Crippen LogP contribution in [0.5, 0.6) is 0 Å². The van der Waals surface area contributed by atoms with Crippen LogP contribution in [0.1, 0.15) is 38.9 Å². The molecule has 0 aliphatic carbocycles. The molecule has 4 nitrogen and oxygen atoms in total. The molecule has 1 aromatic rings. The standard InChI is InChI=1S/C13H19N3O/c1-10(2)16(9-5-7-14)13-12(11(3)17)6-4-8-15-13/h4,6,8,10-11,17H,5,9H2,1-3H3. The molecule has 1 unspecified atom stereocenters. The van der Waals surface area contributed by atoms with E-state index in [9.17, 15) is 5.11 Å². The minimum atomic E-state index is -0.554. The van der Waals surface area contributed by atoms with Gasteiger partial charge in [0.15, 0.2) is 0 Å². The lowest BCUT2D eigenvalue weighted by Gasteiger charge is -2.29. The second-order valence-corrected chi connectivity index (χ2v) is 4.29. The first kappa shape index (κ1) is 13.5. The van der Waals surface area contributed by atoms with Crippen LogP contribution in [0.4, 0.5) is 5.82 Å². The first-order chi connectivity index (χ1) is 8.07. The molecule has 1 rings (SSSR count).